The van der Waals surface area contributed by atoms with Crippen molar-refractivity contribution in [3.05, 3.63) is 75.3 Å². The zero-order chi connectivity index (χ0) is 22.8. The van der Waals surface area contributed by atoms with Gasteiger partial charge in [-0.15, -0.1) is 0 Å². The maximum Gasteiger partial charge on any atom is 0.416 e. The van der Waals surface area contributed by atoms with Crippen LogP contribution >= 0.6 is 11.9 Å². The van der Waals surface area contributed by atoms with E-state index in [2.05, 4.69) is 0 Å². The number of hydrogen-bond acceptors (Lipinski definition) is 6. The minimum absolute atomic E-state index is 0.0948. The van der Waals surface area contributed by atoms with Crippen LogP contribution in [0, 0.1) is 10.1 Å². The van der Waals surface area contributed by atoms with Crippen LogP contribution in [0.4, 0.5) is 18.9 Å². The Bertz CT molecular complexity index is 1000. The van der Waals surface area contributed by atoms with Crippen molar-refractivity contribution in [3.63, 3.8) is 0 Å². The molecule has 1 aliphatic rings. The van der Waals surface area contributed by atoms with Crippen molar-refractivity contribution < 1.29 is 32.5 Å². The van der Waals surface area contributed by atoms with Crippen molar-refractivity contribution in [3.8, 4) is 0 Å². The van der Waals surface area contributed by atoms with E-state index in [-0.39, 0.29) is 18.9 Å². The molecule has 1 atom stereocenters. The molecule has 1 heterocycles. The fraction of sp³-hybridized carbons (Fsp3) is 0.263. The number of hydroxylamine groups is 2. The molecular weight excluding hydrogens is 439 g/mol. The van der Waals surface area contributed by atoms with Gasteiger partial charge < -0.3 is 0 Å². The number of benzene rings is 2. The molecule has 0 aromatic heterocycles. The largest absolute Gasteiger partial charge is 0.416 e. The summed E-state index contributed by atoms with van der Waals surface area (Å²) in [5.41, 5.74) is -2.11. The summed E-state index contributed by atoms with van der Waals surface area (Å²) in [5, 5.41) is 11.9. The predicted octanol–water partition coefficient (Wildman–Crippen LogP) is 4.02. The molecule has 12 heteroatoms. The summed E-state index contributed by atoms with van der Waals surface area (Å²) in [6.45, 7) is -0.0967. The molecule has 0 bridgehead atoms. The monoisotopic (exact) mass is 455 g/mol. The quantitative estimate of drug-likeness (QED) is 0.271. The van der Waals surface area contributed by atoms with Gasteiger partial charge in [0, 0.05) is 24.0 Å². The Morgan fingerprint density at radius 2 is 1.97 bits per heavy atom. The van der Waals surface area contributed by atoms with Crippen LogP contribution < -0.4 is 0 Å². The van der Waals surface area contributed by atoms with Crippen molar-refractivity contribution in [1.82, 2.24) is 9.37 Å². The van der Waals surface area contributed by atoms with Gasteiger partial charge in [-0.05, 0) is 23.6 Å². The zero-order valence-corrected chi connectivity index (χ0v) is 16.9. The van der Waals surface area contributed by atoms with E-state index in [1.165, 1.54) is 4.31 Å². The highest BCUT2D eigenvalue weighted by Gasteiger charge is 2.44. The van der Waals surface area contributed by atoms with Crippen LogP contribution in [0.5, 0.6) is 0 Å². The van der Waals surface area contributed by atoms with E-state index < -0.39 is 40.0 Å². The standard InChI is InChI=1S/C19H16F3N3O5S/c1-31-24-16(10-17(24)26)23(30-11-12-5-3-2-4-6-12)18(27)13-7-14(19(20,21)22)9-15(8-13)25(28)29/h2-9,16H,10-11H2,1H3. The number of rotatable bonds is 7. The number of amides is 2. The number of nitro benzene ring substituents is 1. The first-order chi connectivity index (χ1) is 14.6. The molecule has 1 aliphatic heterocycles. The Hall–Kier alpha value is -3.12. The average Bonchev–Trinajstić information content (AvgIpc) is 2.72. The van der Waals surface area contributed by atoms with Gasteiger partial charge in [0.1, 0.15) is 6.61 Å². The van der Waals surface area contributed by atoms with Gasteiger partial charge in [0.15, 0.2) is 6.17 Å². The van der Waals surface area contributed by atoms with Crippen molar-refractivity contribution in [1.29, 1.82) is 0 Å². The lowest BCUT2D eigenvalue weighted by Crippen LogP contribution is -2.59. The minimum atomic E-state index is -4.89. The second kappa shape index (κ2) is 8.94. The van der Waals surface area contributed by atoms with Gasteiger partial charge in [0.25, 0.3) is 11.6 Å². The normalized spacial score (nSPS) is 16.1. The summed E-state index contributed by atoms with van der Waals surface area (Å²) in [6.07, 6.45) is -4.26. The van der Waals surface area contributed by atoms with Crippen molar-refractivity contribution in [2.45, 2.75) is 25.4 Å². The number of non-ortho nitro benzene ring substituents is 1. The highest BCUT2D eigenvalue weighted by Crippen LogP contribution is 2.35. The molecule has 1 unspecified atom stereocenters. The zero-order valence-electron chi connectivity index (χ0n) is 16.0. The number of alkyl halides is 3. The van der Waals surface area contributed by atoms with Crippen LogP contribution in [0.2, 0.25) is 0 Å². The molecule has 0 radical (unpaired) electrons. The van der Waals surface area contributed by atoms with E-state index >= 15 is 0 Å². The highest BCUT2D eigenvalue weighted by molar-refractivity contribution is 7.96. The third-order valence-corrected chi connectivity index (χ3v) is 5.30. The second-order valence-corrected chi connectivity index (χ2v) is 7.26. The molecule has 0 N–H and O–H groups in total. The van der Waals surface area contributed by atoms with Gasteiger partial charge in [-0.25, -0.2) is 0 Å². The smallest absolute Gasteiger partial charge is 0.274 e. The second-order valence-electron chi connectivity index (χ2n) is 6.50. The van der Waals surface area contributed by atoms with Gasteiger partial charge in [-0.1, -0.05) is 30.3 Å². The number of nitro groups is 1. The van der Waals surface area contributed by atoms with Gasteiger partial charge in [-0.2, -0.15) is 18.2 Å². The molecule has 3 rings (SSSR count). The Kier molecular flexibility index (Phi) is 6.51. The van der Waals surface area contributed by atoms with E-state index in [0.717, 1.165) is 23.1 Å². The maximum absolute atomic E-state index is 13.2. The molecule has 2 aromatic rings. The van der Waals surface area contributed by atoms with Gasteiger partial charge in [0.2, 0.25) is 5.91 Å². The third-order valence-electron chi connectivity index (χ3n) is 4.46. The molecule has 2 aromatic carbocycles. The molecule has 1 saturated heterocycles. The molecular formula is C19H16F3N3O5S. The number of hydrogen-bond donors (Lipinski definition) is 0. The summed E-state index contributed by atoms with van der Waals surface area (Å²) >= 11 is 1.03. The van der Waals surface area contributed by atoms with E-state index in [1.807, 2.05) is 0 Å². The Morgan fingerprint density at radius 3 is 2.52 bits per heavy atom. The number of halogens is 3. The fourth-order valence-corrected chi connectivity index (χ4v) is 3.60. The lowest BCUT2D eigenvalue weighted by atomic mass is 10.1. The number of β-lactam (4-membered cyclic amide) rings is 1. The van der Waals surface area contributed by atoms with E-state index in [9.17, 15) is 32.9 Å². The summed E-state index contributed by atoms with van der Waals surface area (Å²) in [6, 6.07) is 10.3. The molecule has 8 nitrogen and oxygen atoms in total. The van der Waals surface area contributed by atoms with Crippen LogP contribution in [-0.4, -0.2) is 38.5 Å². The molecule has 0 spiro atoms. The SMILES string of the molecule is CSN1C(=O)CC1N(OCc1ccccc1)C(=O)c1cc([N+](=O)[O-])cc(C(F)(F)F)c1. The Morgan fingerprint density at radius 1 is 1.29 bits per heavy atom. The van der Waals surface area contributed by atoms with Gasteiger partial charge in [-0.3, -0.25) is 28.8 Å². The molecule has 2 amide bonds. The lowest BCUT2D eigenvalue weighted by Gasteiger charge is -2.43. The van der Waals surface area contributed by atoms with Crippen LogP contribution in [0.3, 0.4) is 0 Å². The summed E-state index contributed by atoms with van der Waals surface area (Å²) in [4.78, 5) is 40.6. The maximum atomic E-state index is 13.2. The third kappa shape index (κ3) is 4.97. The van der Waals surface area contributed by atoms with Crippen LogP contribution in [0.25, 0.3) is 0 Å². The molecule has 31 heavy (non-hydrogen) atoms. The molecule has 0 saturated carbocycles. The highest BCUT2D eigenvalue weighted by atomic mass is 32.2. The summed E-state index contributed by atoms with van der Waals surface area (Å²) in [5.74, 6) is -1.31. The first kappa shape index (κ1) is 22.6. The van der Waals surface area contributed by atoms with Crippen molar-refractivity contribution in [2.24, 2.45) is 0 Å². The van der Waals surface area contributed by atoms with E-state index in [0.29, 0.717) is 17.7 Å². The Labute approximate surface area is 178 Å². The van der Waals surface area contributed by atoms with E-state index in [4.69, 9.17) is 4.84 Å². The average molecular weight is 455 g/mol. The Balaban J connectivity index is 1.96. The van der Waals surface area contributed by atoms with E-state index in [1.54, 1.807) is 36.6 Å². The van der Waals surface area contributed by atoms with Gasteiger partial charge in [0.05, 0.1) is 16.9 Å². The fourth-order valence-electron chi connectivity index (χ4n) is 2.91. The van der Waals surface area contributed by atoms with Gasteiger partial charge >= 0.3 is 6.18 Å². The molecule has 1 fully saturated rings. The number of carbonyl (C=O) groups is 2. The van der Waals surface area contributed by atoms with Crippen molar-refractivity contribution >= 4 is 29.4 Å². The number of carbonyl (C=O) groups excluding carboxylic acids is 2. The summed E-state index contributed by atoms with van der Waals surface area (Å²) < 4.78 is 40.9. The van der Waals surface area contributed by atoms with Crippen LogP contribution in [-0.2, 0) is 22.4 Å². The van der Waals surface area contributed by atoms with Crippen LogP contribution in [0.15, 0.2) is 48.5 Å². The first-order valence-corrected chi connectivity index (χ1v) is 10.0. The van der Waals surface area contributed by atoms with Crippen LogP contribution in [0.1, 0.15) is 27.9 Å². The number of nitrogens with zero attached hydrogens (tertiary/aromatic N) is 3. The lowest BCUT2D eigenvalue weighted by molar-refractivity contribution is -0.385. The minimum Gasteiger partial charge on any atom is -0.274 e. The summed E-state index contributed by atoms with van der Waals surface area (Å²) in [7, 11) is 0. The topological polar surface area (TPSA) is 93.0 Å². The molecule has 164 valence electrons. The first-order valence-electron chi connectivity index (χ1n) is 8.85. The predicted molar refractivity (Wildman–Crippen MR) is 104 cm³/mol. The molecule has 0 aliphatic carbocycles. The van der Waals surface area contributed by atoms with Crippen molar-refractivity contribution in [2.75, 3.05) is 6.26 Å².